The minimum absolute atomic E-state index is 0.0198. The quantitative estimate of drug-likeness (QED) is 0.500. The largest absolute Gasteiger partial charge is 0.479 e. The average molecular weight is 463 g/mol. The van der Waals surface area contributed by atoms with E-state index in [1.54, 1.807) is 0 Å². The molecule has 0 aromatic carbocycles. The van der Waals surface area contributed by atoms with Crippen LogP contribution in [0.3, 0.4) is 0 Å². The fraction of sp³-hybridized carbons (Fsp3) is 0.760. The molecule has 1 saturated heterocycles. The summed E-state index contributed by atoms with van der Waals surface area (Å²) in [5.41, 5.74) is 0.995. The van der Waals surface area contributed by atoms with Gasteiger partial charge in [-0.25, -0.2) is 4.79 Å². The van der Waals surface area contributed by atoms with Crippen molar-refractivity contribution < 1.29 is 39.5 Å². The maximum Gasteiger partial charge on any atom is 0.335 e. The SMILES string of the molecule is CC12CCC3C(CC=C4C=C(OC5OC(C(=O)O)C(O)C(O)C5O)CCC43C)C1CCC2=O. The molecule has 0 spiro atoms. The number of aliphatic hydroxyl groups excluding tert-OH is 3. The third kappa shape index (κ3) is 3.40. The van der Waals surface area contributed by atoms with Gasteiger partial charge in [-0.15, -0.1) is 0 Å². The van der Waals surface area contributed by atoms with Crippen molar-refractivity contribution in [2.75, 3.05) is 0 Å². The summed E-state index contributed by atoms with van der Waals surface area (Å²) in [5, 5.41) is 39.5. The van der Waals surface area contributed by atoms with E-state index in [2.05, 4.69) is 19.9 Å². The van der Waals surface area contributed by atoms with Crippen molar-refractivity contribution in [1.82, 2.24) is 0 Å². The van der Waals surface area contributed by atoms with Crippen LogP contribution in [0.25, 0.3) is 0 Å². The molecule has 10 atom stereocenters. The summed E-state index contributed by atoms with van der Waals surface area (Å²) in [6, 6.07) is 0. The smallest absolute Gasteiger partial charge is 0.335 e. The van der Waals surface area contributed by atoms with Crippen molar-refractivity contribution in [2.24, 2.45) is 28.6 Å². The second-order valence-electron chi connectivity index (χ2n) is 11.1. The van der Waals surface area contributed by atoms with Gasteiger partial charge in [0.15, 0.2) is 6.10 Å². The van der Waals surface area contributed by atoms with Gasteiger partial charge in [0.1, 0.15) is 24.1 Å². The van der Waals surface area contributed by atoms with Crippen molar-refractivity contribution in [3.63, 3.8) is 0 Å². The van der Waals surface area contributed by atoms with Gasteiger partial charge in [-0.05, 0) is 66.9 Å². The third-order valence-electron chi connectivity index (χ3n) is 9.52. The van der Waals surface area contributed by atoms with E-state index in [0.717, 1.165) is 32.1 Å². The molecular weight excluding hydrogens is 428 g/mol. The topological polar surface area (TPSA) is 134 Å². The van der Waals surface area contributed by atoms with Crippen LogP contribution in [0.4, 0.5) is 0 Å². The first-order chi connectivity index (χ1) is 15.6. The predicted molar refractivity (Wildman–Crippen MR) is 116 cm³/mol. The highest BCUT2D eigenvalue weighted by Gasteiger charge is 2.58. The molecule has 1 heterocycles. The Balaban J connectivity index is 1.36. The van der Waals surface area contributed by atoms with Gasteiger partial charge in [-0.1, -0.05) is 19.9 Å². The van der Waals surface area contributed by atoms with Crippen LogP contribution in [0.2, 0.25) is 0 Å². The molecule has 0 amide bonds. The Morgan fingerprint density at radius 1 is 1.03 bits per heavy atom. The van der Waals surface area contributed by atoms with E-state index < -0.39 is 36.7 Å². The number of carbonyl (C=O) groups is 2. The third-order valence-corrected chi connectivity index (χ3v) is 9.52. The van der Waals surface area contributed by atoms with Gasteiger partial charge in [-0.2, -0.15) is 0 Å². The monoisotopic (exact) mass is 462 g/mol. The Kier molecular flexibility index (Phi) is 5.51. The maximum atomic E-state index is 12.6. The summed E-state index contributed by atoms with van der Waals surface area (Å²) < 4.78 is 11.1. The summed E-state index contributed by atoms with van der Waals surface area (Å²) in [6.45, 7) is 4.47. The molecule has 0 radical (unpaired) electrons. The Labute approximate surface area is 193 Å². The molecule has 33 heavy (non-hydrogen) atoms. The lowest BCUT2D eigenvalue weighted by molar-refractivity contribution is -0.285. The summed E-state index contributed by atoms with van der Waals surface area (Å²) in [5.74, 6) is 1.05. The number of aliphatic hydroxyl groups is 3. The van der Waals surface area contributed by atoms with Crippen LogP contribution in [0, 0.1) is 28.6 Å². The Hall–Kier alpha value is -1.74. The van der Waals surface area contributed by atoms with E-state index in [1.807, 2.05) is 6.08 Å². The molecule has 0 aromatic heterocycles. The predicted octanol–water partition coefficient (Wildman–Crippen LogP) is 1.92. The number of ketones is 1. The highest BCUT2D eigenvalue weighted by atomic mass is 16.7. The van der Waals surface area contributed by atoms with E-state index in [9.17, 15) is 30.0 Å². The highest BCUT2D eigenvalue weighted by molar-refractivity contribution is 5.87. The fourth-order valence-electron chi connectivity index (χ4n) is 7.46. The number of hydrogen-bond donors (Lipinski definition) is 4. The van der Waals surface area contributed by atoms with Crippen molar-refractivity contribution >= 4 is 11.8 Å². The number of fused-ring (bicyclic) bond motifs is 5. The molecule has 8 nitrogen and oxygen atoms in total. The van der Waals surface area contributed by atoms with E-state index in [4.69, 9.17) is 9.47 Å². The van der Waals surface area contributed by atoms with Crippen LogP contribution in [-0.4, -0.2) is 62.9 Å². The Morgan fingerprint density at radius 3 is 2.48 bits per heavy atom. The first-order valence-corrected chi connectivity index (χ1v) is 12.1. The van der Waals surface area contributed by atoms with Crippen molar-refractivity contribution in [2.45, 2.75) is 89.5 Å². The van der Waals surface area contributed by atoms with Crippen LogP contribution in [0.1, 0.15) is 58.8 Å². The molecule has 0 aromatic rings. The summed E-state index contributed by atoms with van der Waals surface area (Å²) in [4.78, 5) is 24.0. The zero-order valence-electron chi connectivity index (χ0n) is 19.1. The van der Waals surface area contributed by atoms with E-state index in [1.165, 1.54) is 5.57 Å². The van der Waals surface area contributed by atoms with Crippen LogP contribution < -0.4 is 0 Å². The minimum Gasteiger partial charge on any atom is -0.479 e. The molecule has 5 aliphatic rings. The number of ether oxygens (including phenoxy) is 2. The van der Waals surface area contributed by atoms with E-state index in [-0.39, 0.29) is 10.8 Å². The van der Waals surface area contributed by atoms with Gasteiger partial charge in [0.25, 0.3) is 0 Å². The lowest BCUT2D eigenvalue weighted by Gasteiger charge is -2.55. The highest BCUT2D eigenvalue weighted by Crippen LogP contribution is 2.63. The van der Waals surface area contributed by atoms with Gasteiger partial charge >= 0.3 is 5.97 Å². The average Bonchev–Trinajstić information content (AvgIpc) is 3.08. The summed E-state index contributed by atoms with van der Waals surface area (Å²) >= 11 is 0. The molecule has 2 saturated carbocycles. The normalized spacial score (nSPS) is 49.3. The van der Waals surface area contributed by atoms with Crippen molar-refractivity contribution in [3.05, 3.63) is 23.5 Å². The number of allylic oxidation sites excluding steroid dienone is 4. The number of hydrogen-bond acceptors (Lipinski definition) is 7. The zero-order valence-corrected chi connectivity index (χ0v) is 19.1. The molecule has 8 heteroatoms. The minimum atomic E-state index is -1.74. The molecule has 10 unspecified atom stereocenters. The lowest BCUT2D eigenvalue weighted by atomic mass is 9.49. The van der Waals surface area contributed by atoms with Crippen LogP contribution >= 0.6 is 0 Å². The second kappa shape index (κ2) is 7.90. The number of Topliss-reactive ketones (excluding diaryl/α,β-unsaturated/α-hetero) is 1. The molecule has 4 N–H and O–H groups in total. The maximum absolute atomic E-state index is 12.6. The van der Waals surface area contributed by atoms with Gasteiger partial charge in [0.2, 0.25) is 6.29 Å². The summed E-state index contributed by atoms with van der Waals surface area (Å²) in [7, 11) is 0. The van der Waals surface area contributed by atoms with Crippen LogP contribution in [0.15, 0.2) is 23.5 Å². The Bertz CT molecular complexity index is 910. The molecule has 5 rings (SSSR count). The van der Waals surface area contributed by atoms with E-state index >= 15 is 0 Å². The molecular formula is C25H34O8. The van der Waals surface area contributed by atoms with Gasteiger partial charge < -0.3 is 29.9 Å². The number of carbonyl (C=O) groups excluding carboxylic acids is 1. The first-order valence-electron chi connectivity index (χ1n) is 12.1. The van der Waals surface area contributed by atoms with Gasteiger partial charge in [0.05, 0.1) is 5.76 Å². The molecule has 182 valence electrons. The van der Waals surface area contributed by atoms with Gasteiger partial charge in [-0.3, -0.25) is 4.79 Å². The number of aliphatic carboxylic acids is 1. The van der Waals surface area contributed by atoms with E-state index in [0.29, 0.717) is 42.1 Å². The molecule has 3 fully saturated rings. The summed E-state index contributed by atoms with van der Waals surface area (Å²) in [6.07, 6.45) is 2.26. The fourth-order valence-corrected chi connectivity index (χ4v) is 7.46. The van der Waals surface area contributed by atoms with Gasteiger partial charge in [0, 0.05) is 18.3 Å². The zero-order chi connectivity index (χ0) is 23.7. The molecule has 0 bridgehead atoms. The van der Waals surface area contributed by atoms with Crippen molar-refractivity contribution in [3.8, 4) is 0 Å². The number of carboxylic acid groups (broad SMARTS) is 1. The first kappa shape index (κ1) is 23.0. The van der Waals surface area contributed by atoms with Crippen LogP contribution in [0.5, 0.6) is 0 Å². The standard InChI is InChI=1S/C25H34O8/c1-24-9-7-13(32-23-20(29)18(27)19(28)21(33-23)22(30)31)11-12(24)3-4-14-15-5-6-17(26)25(15,2)10-8-16(14)24/h3,11,14-16,18-21,23,27-29H,4-10H2,1-2H3,(H,30,31). The van der Waals surface area contributed by atoms with Crippen LogP contribution in [-0.2, 0) is 19.1 Å². The lowest BCUT2D eigenvalue weighted by Crippen LogP contribution is -2.60. The second-order valence-corrected chi connectivity index (χ2v) is 11.1. The Morgan fingerprint density at radius 2 is 1.76 bits per heavy atom. The number of rotatable bonds is 3. The number of carboxylic acids is 1. The van der Waals surface area contributed by atoms with Crippen molar-refractivity contribution in [1.29, 1.82) is 0 Å². The molecule has 4 aliphatic carbocycles. The molecule has 1 aliphatic heterocycles.